The first-order valence-corrected chi connectivity index (χ1v) is 8.57. The fraction of sp³-hybridized carbons (Fsp3) is 0.250. The SMILES string of the molecule is CC1(CNC(=O)c2ccc(Cl)s2)CC(c2ccc(Cl)cc2)=NO1. The van der Waals surface area contributed by atoms with Crippen molar-refractivity contribution >= 4 is 46.2 Å². The van der Waals surface area contributed by atoms with Gasteiger partial charge in [0, 0.05) is 11.4 Å². The van der Waals surface area contributed by atoms with E-state index in [2.05, 4.69) is 10.5 Å². The molecule has 1 N–H and O–H groups in total. The molecule has 7 heteroatoms. The summed E-state index contributed by atoms with van der Waals surface area (Å²) in [4.78, 5) is 18.2. The van der Waals surface area contributed by atoms with Crippen molar-refractivity contribution in [2.75, 3.05) is 6.54 Å². The summed E-state index contributed by atoms with van der Waals surface area (Å²) in [6.45, 7) is 2.28. The molecule has 0 aliphatic carbocycles. The van der Waals surface area contributed by atoms with Gasteiger partial charge in [-0.1, -0.05) is 40.5 Å². The molecule has 23 heavy (non-hydrogen) atoms. The van der Waals surface area contributed by atoms with Gasteiger partial charge in [0.05, 0.1) is 21.5 Å². The van der Waals surface area contributed by atoms with Gasteiger partial charge in [0.1, 0.15) is 0 Å². The maximum absolute atomic E-state index is 12.1. The standard InChI is InChI=1S/C16H14Cl2N2O2S/c1-16(9-19-15(21)13-6-7-14(18)23-13)8-12(20-22-16)10-2-4-11(17)5-3-10/h2-7H,8-9H2,1H3,(H,19,21). The van der Waals surface area contributed by atoms with Gasteiger partial charge in [-0.15, -0.1) is 11.3 Å². The van der Waals surface area contributed by atoms with E-state index in [9.17, 15) is 4.79 Å². The second kappa shape index (κ2) is 6.51. The lowest BCUT2D eigenvalue weighted by Gasteiger charge is -2.21. The van der Waals surface area contributed by atoms with Crippen LogP contribution in [0.15, 0.2) is 41.6 Å². The summed E-state index contributed by atoms with van der Waals surface area (Å²) in [5, 5.41) is 7.70. The number of halogens is 2. The van der Waals surface area contributed by atoms with Crippen molar-refractivity contribution in [3.05, 3.63) is 56.2 Å². The maximum atomic E-state index is 12.1. The first kappa shape index (κ1) is 16.3. The predicted molar refractivity (Wildman–Crippen MR) is 93.8 cm³/mol. The van der Waals surface area contributed by atoms with Gasteiger partial charge in [-0.3, -0.25) is 4.79 Å². The van der Waals surface area contributed by atoms with Crippen molar-refractivity contribution in [3.8, 4) is 0 Å². The third-order valence-corrected chi connectivity index (χ3v) is 5.00. The highest BCUT2D eigenvalue weighted by molar-refractivity contribution is 7.17. The molecule has 1 aromatic heterocycles. The molecule has 0 saturated carbocycles. The Kier molecular flexibility index (Phi) is 4.62. The number of rotatable bonds is 4. The molecule has 1 amide bonds. The van der Waals surface area contributed by atoms with E-state index in [0.29, 0.717) is 27.2 Å². The van der Waals surface area contributed by atoms with Crippen LogP contribution in [0.25, 0.3) is 0 Å². The Labute approximate surface area is 148 Å². The van der Waals surface area contributed by atoms with Crippen LogP contribution in [-0.2, 0) is 4.84 Å². The molecule has 120 valence electrons. The minimum atomic E-state index is -0.564. The quantitative estimate of drug-likeness (QED) is 0.870. The molecule has 1 unspecified atom stereocenters. The van der Waals surface area contributed by atoms with Crippen LogP contribution in [0.4, 0.5) is 0 Å². The van der Waals surface area contributed by atoms with E-state index in [-0.39, 0.29) is 5.91 Å². The number of thiophene rings is 1. The van der Waals surface area contributed by atoms with Crippen LogP contribution in [0.5, 0.6) is 0 Å². The Bertz CT molecular complexity index is 758. The number of hydrogen-bond acceptors (Lipinski definition) is 4. The highest BCUT2D eigenvalue weighted by atomic mass is 35.5. The number of benzene rings is 1. The van der Waals surface area contributed by atoms with Gasteiger partial charge in [-0.25, -0.2) is 0 Å². The van der Waals surface area contributed by atoms with Gasteiger partial charge in [0.2, 0.25) is 0 Å². The van der Waals surface area contributed by atoms with Gasteiger partial charge in [-0.05, 0) is 36.8 Å². The van der Waals surface area contributed by atoms with E-state index >= 15 is 0 Å². The molecule has 1 aliphatic heterocycles. The van der Waals surface area contributed by atoms with E-state index < -0.39 is 5.60 Å². The second-order valence-corrected chi connectivity index (χ2v) is 7.70. The zero-order valence-corrected chi connectivity index (χ0v) is 14.6. The summed E-state index contributed by atoms with van der Waals surface area (Å²) in [5.74, 6) is -0.160. The fourth-order valence-corrected chi connectivity index (χ4v) is 3.35. The van der Waals surface area contributed by atoms with Crippen molar-refractivity contribution in [3.63, 3.8) is 0 Å². The topological polar surface area (TPSA) is 50.7 Å². The molecule has 1 aliphatic rings. The Morgan fingerprint density at radius 1 is 1.30 bits per heavy atom. The minimum absolute atomic E-state index is 0.160. The Hall–Kier alpha value is -1.56. The lowest BCUT2D eigenvalue weighted by Crippen LogP contribution is -2.40. The molecule has 0 fully saturated rings. The molecule has 1 aromatic carbocycles. The number of nitrogens with one attached hydrogen (secondary N) is 1. The Morgan fingerprint density at radius 3 is 2.70 bits per heavy atom. The molecule has 0 radical (unpaired) electrons. The minimum Gasteiger partial charge on any atom is -0.387 e. The monoisotopic (exact) mass is 368 g/mol. The van der Waals surface area contributed by atoms with Crippen LogP contribution in [0.1, 0.15) is 28.6 Å². The molecule has 0 bridgehead atoms. The summed E-state index contributed by atoms with van der Waals surface area (Å²) >= 11 is 13.0. The summed E-state index contributed by atoms with van der Waals surface area (Å²) in [5.41, 5.74) is 1.25. The zero-order chi connectivity index (χ0) is 16.4. The number of nitrogens with zero attached hydrogens (tertiary/aromatic N) is 1. The smallest absolute Gasteiger partial charge is 0.261 e. The molecule has 2 aromatic rings. The van der Waals surface area contributed by atoms with Crippen LogP contribution >= 0.6 is 34.5 Å². The third-order valence-electron chi connectivity index (χ3n) is 3.51. The van der Waals surface area contributed by atoms with Crippen LogP contribution in [0.2, 0.25) is 9.36 Å². The third kappa shape index (κ3) is 3.86. The number of oxime groups is 1. The van der Waals surface area contributed by atoms with Gasteiger partial charge in [0.25, 0.3) is 5.91 Å². The van der Waals surface area contributed by atoms with Crippen LogP contribution < -0.4 is 5.32 Å². The highest BCUT2D eigenvalue weighted by Gasteiger charge is 2.35. The summed E-state index contributed by atoms with van der Waals surface area (Å²) in [7, 11) is 0. The van der Waals surface area contributed by atoms with Gasteiger partial charge >= 0.3 is 0 Å². The molecule has 0 saturated heterocycles. The van der Waals surface area contributed by atoms with Gasteiger partial charge in [-0.2, -0.15) is 0 Å². The Balaban J connectivity index is 1.59. The van der Waals surface area contributed by atoms with Gasteiger partial charge < -0.3 is 10.2 Å². The van der Waals surface area contributed by atoms with Crippen LogP contribution in [0.3, 0.4) is 0 Å². The van der Waals surface area contributed by atoms with E-state index in [4.69, 9.17) is 28.0 Å². The fourth-order valence-electron chi connectivity index (χ4n) is 2.27. The summed E-state index contributed by atoms with van der Waals surface area (Å²) in [6, 6.07) is 10.9. The number of hydrogen-bond donors (Lipinski definition) is 1. The average molecular weight is 369 g/mol. The average Bonchev–Trinajstić information content (AvgIpc) is 3.13. The van der Waals surface area contributed by atoms with E-state index in [1.54, 1.807) is 12.1 Å². The van der Waals surface area contributed by atoms with Crippen molar-refractivity contribution in [2.45, 2.75) is 18.9 Å². The molecular weight excluding hydrogens is 355 g/mol. The molecule has 2 heterocycles. The normalized spacial score (nSPS) is 20.0. The highest BCUT2D eigenvalue weighted by Crippen LogP contribution is 2.27. The number of amides is 1. The van der Waals surface area contributed by atoms with E-state index in [1.807, 2.05) is 31.2 Å². The maximum Gasteiger partial charge on any atom is 0.261 e. The number of carbonyl (C=O) groups is 1. The lowest BCUT2D eigenvalue weighted by atomic mass is 9.96. The lowest BCUT2D eigenvalue weighted by molar-refractivity contribution is -0.00178. The molecule has 1 atom stereocenters. The molecular formula is C16H14Cl2N2O2S. The summed E-state index contributed by atoms with van der Waals surface area (Å²) in [6.07, 6.45) is 0.611. The summed E-state index contributed by atoms with van der Waals surface area (Å²) < 4.78 is 0.590. The van der Waals surface area contributed by atoms with E-state index in [0.717, 1.165) is 11.3 Å². The van der Waals surface area contributed by atoms with Crippen molar-refractivity contribution in [1.29, 1.82) is 0 Å². The largest absolute Gasteiger partial charge is 0.387 e. The van der Waals surface area contributed by atoms with Crippen molar-refractivity contribution in [1.82, 2.24) is 5.32 Å². The van der Waals surface area contributed by atoms with Crippen LogP contribution in [0, 0.1) is 0 Å². The first-order chi connectivity index (χ1) is 11.0. The van der Waals surface area contributed by atoms with Gasteiger partial charge in [0.15, 0.2) is 5.60 Å². The van der Waals surface area contributed by atoms with Crippen LogP contribution in [-0.4, -0.2) is 23.8 Å². The van der Waals surface area contributed by atoms with Crippen molar-refractivity contribution < 1.29 is 9.63 Å². The predicted octanol–water partition coefficient (Wildman–Crippen LogP) is 4.37. The molecule has 4 nitrogen and oxygen atoms in total. The first-order valence-electron chi connectivity index (χ1n) is 7.00. The zero-order valence-electron chi connectivity index (χ0n) is 12.3. The second-order valence-electron chi connectivity index (χ2n) is 5.55. The number of carbonyl (C=O) groups excluding carboxylic acids is 1. The van der Waals surface area contributed by atoms with Crippen molar-refractivity contribution in [2.24, 2.45) is 5.16 Å². The molecule has 3 rings (SSSR count). The molecule has 0 spiro atoms. The van der Waals surface area contributed by atoms with E-state index in [1.165, 1.54) is 11.3 Å². The Morgan fingerprint density at radius 2 is 2.04 bits per heavy atom.